The molecule has 1 fully saturated rings. The Balaban J connectivity index is 1.60. The molecular formula is C24H31N3O4S. The molecule has 0 aliphatic carbocycles. The van der Waals surface area contributed by atoms with Gasteiger partial charge in [-0.2, -0.15) is 4.31 Å². The van der Waals surface area contributed by atoms with Gasteiger partial charge in [-0.3, -0.25) is 9.59 Å². The van der Waals surface area contributed by atoms with Gasteiger partial charge in [-0.1, -0.05) is 18.2 Å². The lowest BCUT2D eigenvalue weighted by atomic mass is 9.97. The molecule has 2 amide bonds. The van der Waals surface area contributed by atoms with Gasteiger partial charge in [-0.05, 0) is 67.6 Å². The predicted octanol–water partition coefficient (Wildman–Crippen LogP) is 3.32. The number of nitrogens with zero attached hydrogens (tertiary/aromatic N) is 2. The van der Waals surface area contributed by atoms with Crippen LogP contribution in [-0.2, 0) is 26.2 Å². The molecule has 0 aromatic heterocycles. The van der Waals surface area contributed by atoms with Crippen LogP contribution in [0.3, 0.4) is 0 Å². The van der Waals surface area contributed by atoms with Crippen LogP contribution in [-0.4, -0.2) is 49.6 Å². The number of benzene rings is 2. The standard InChI is InChI=1S/C24H31N3O4S/c1-17-8-9-23(14-18(17)2)32(30,31)27-12-10-21(11-13-27)24(29)25-22-7-5-6-20(15-22)16-26(4)19(3)28/h5-9,14-15,21H,10-13,16H2,1-4H3,(H,25,29). The zero-order valence-electron chi connectivity index (χ0n) is 19.1. The van der Waals surface area contributed by atoms with Gasteiger partial charge in [0.05, 0.1) is 4.90 Å². The highest BCUT2D eigenvalue weighted by Gasteiger charge is 2.32. The maximum Gasteiger partial charge on any atom is 0.243 e. The fourth-order valence-corrected chi connectivity index (χ4v) is 5.31. The molecule has 2 aromatic carbocycles. The number of amides is 2. The maximum atomic E-state index is 13.0. The summed E-state index contributed by atoms with van der Waals surface area (Å²) in [5.74, 6) is -0.378. The third-order valence-electron chi connectivity index (χ3n) is 6.09. The lowest BCUT2D eigenvalue weighted by molar-refractivity contribution is -0.128. The van der Waals surface area contributed by atoms with Gasteiger partial charge in [0.1, 0.15) is 0 Å². The quantitative estimate of drug-likeness (QED) is 0.721. The summed E-state index contributed by atoms with van der Waals surface area (Å²) in [5, 5.41) is 2.94. The molecule has 1 N–H and O–H groups in total. The molecule has 0 unspecified atom stereocenters. The second kappa shape index (κ2) is 9.83. The summed E-state index contributed by atoms with van der Waals surface area (Å²) in [7, 11) is -1.83. The van der Waals surface area contributed by atoms with Crippen LogP contribution in [0.1, 0.15) is 36.5 Å². The van der Waals surface area contributed by atoms with Gasteiger partial charge in [0, 0.05) is 45.2 Å². The molecule has 172 valence electrons. The Morgan fingerprint density at radius 1 is 1.06 bits per heavy atom. The molecule has 3 rings (SSSR count). The number of hydrogen-bond donors (Lipinski definition) is 1. The first-order valence-electron chi connectivity index (χ1n) is 10.8. The van der Waals surface area contributed by atoms with E-state index in [1.54, 1.807) is 24.1 Å². The van der Waals surface area contributed by atoms with Crippen LogP contribution in [0.15, 0.2) is 47.4 Å². The summed E-state index contributed by atoms with van der Waals surface area (Å²) in [5.41, 5.74) is 3.60. The van der Waals surface area contributed by atoms with Crippen molar-refractivity contribution in [1.29, 1.82) is 0 Å². The Kier molecular flexibility index (Phi) is 7.36. The first-order chi connectivity index (χ1) is 15.1. The third-order valence-corrected chi connectivity index (χ3v) is 7.99. The number of sulfonamides is 1. The molecule has 32 heavy (non-hydrogen) atoms. The minimum absolute atomic E-state index is 0.0260. The molecule has 0 bridgehead atoms. The van der Waals surface area contributed by atoms with Gasteiger partial charge in [0.25, 0.3) is 0 Å². The number of carbonyl (C=O) groups excluding carboxylic acids is 2. The largest absolute Gasteiger partial charge is 0.342 e. The van der Waals surface area contributed by atoms with Crippen molar-refractivity contribution < 1.29 is 18.0 Å². The van der Waals surface area contributed by atoms with Crippen molar-refractivity contribution in [2.45, 2.75) is 45.1 Å². The molecular weight excluding hydrogens is 426 g/mol. The number of carbonyl (C=O) groups is 2. The molecule has 2 aromatic rings. The van der Waals surface area contributed by atoms with Crippen molar-refractivity contribution in [2.24, 2.45) is 5.92 Å². The molecule has 1 aliphatic rings. The highest BCUT2D eigenvalue weighted by Crippen LogP contribution is 2.26. The molecule has 0 radical (unpaired) electrons. The van der Waals surface area contributed by atoms with Gasteiger partial charge in [0.15, 0.2) is 0 Å². The minimum Gasteiger partial charge on any atom is -0.342 e. The third kappa shape index (κ3) is 5.55. The van der Waals surface area contributed by atoms with Gasteiger partial charge in [-0.15, -0.1) is 0 Å². The van der Waals surface area contributed by atoms with Crippen LogP contribution in [0.5, 0.6) is 0 Å². The number of nitrogens with one attached hydrogen (secondary N) is 1. The van der Waals surface area contributed by atoms with Crippen molar-refractivity contribution in [2.75, 3.05) is 25.5 Å². The Hall–Kier alpha value is -2.71. The summed E-state index contributed by atoms with van der Waals surface area (Å²) in [4.78, 5) is 26.1. The highest BCUT2D eigenvalue weighted by atomic mass is 32.2. The first-order valence-corrected chi connectivity index (χ1v) is 12.2. The van der Waals surface area contributed by atoms with Gasteiger partial charge >= 0.3 is 0 Å². The van der Waals surface area contributed by atoms with E-state index in [4.69, 9.17) is 0 Å². The predicted molar refractivity (Wildman–Crippen MR) is 125 cm³/mol. The fourth-order valence-electron chi connectivity index (χ4n) is 3.76. The lowest BCUT2D eigenvalue weighted by Crippen LogP contribution is -2.41. The summed E-state index contributed by atoms with van der Waals surface area (Å²) >= 11 is 0. The van der Waals surface area contributed by atoms with E-state index in [0.29, 0.717) is 43.1 Å². The molecule has 1 saturated heterocycles. The molecule has 0 spiro atoms. The van der Waals surface area contributed by atoms with Crippen LogP contribution in [0.4, 0.5) is 5.69 Å². The van der Waals surface area contributed by atoms with E-state index < -0.39 is 10.0 Å². The van der Waals surface area contributed by atoms with Crippen molar-refractivity contribution in [3.8, 4) is 0 Å². The number of hydrogen-bond acceptors (Lipinski definition) is 4. The highest BCUT2D eigenvalue weighted by molar-refractivity contribution is 7.89. The van der Waals surface area contributed by atoms with Gasteiger partial charge in [-0.25, -0.2) is 8.42 Å². The van der Waals surface area contributed by atoms with Crippen molar-refractivity contribution in [1.82, 2.24) is 9.21 Å². The summed E-state index contributed by atoms with van der Waals surface area (Å²) < 4.78 is 27.4. The molecule has 0 saturated carbocycles. The Labute approximate surface area is 190 Å². The average Bonchev–Trinajstić information content (AvgIpc) is 2.75. The molecule has 1 heterocycles. The van der Waals surface area contributed by atoms with Crippen molar-refractivity contribution in [3.63, 3.8) is 0 Å². The summed E-state index contributed by atoms with van der Waals surface area (Å²) in [6.45, 7) is 6.46. The normalized spacial score (nSPS) is 15.4. The number of piperidine rings is 1. The maximum absolute atomic E-state index is 13.0. The Morgan fingerprint density at radius 2 is 1.75 bits per heavy atom. The molecule has 0 atom stereocenters. The minimum atomic E-state index is -3.56. The van der Waals surface area contributed by atoms with Crippen LogP contribution in [0.25, 0.3) is 0 Å². The first kappa shape index (κ1) is 23.9. The summed E-state index contributed by atoms with van der Waals surface area (Å²) in [6, 6.07) is 12.6. The van der Waals surface area contributed by atoms with E-state index in [-0.39, 0.29) is 17.7 Å². The molecule has 1 aliphatic heterocycles. The van der Waals surface area contributed by atoms with Gasteiger partial charge in [0.2, 0.25) is 21.8 Å². The fraction of sp³-hybridized carbons (Fsp3) is 0.417. The van der Waals surface area contributed by atoms with Gasteiger partial charge < -0.3 is 10.2 Å². The van der Waals surface area contributed by atoms with E-state index >= 15 is 0 Å². The van der Waals surface area contributed by atoms with Crippen LogP contribution in [0, 0.1) is 19.8 Å². The number of aryl methyl sites for hydroxylation is 2. The van der Waals surface area contributed by atoms with E-state index in [2.05, 4.69) is 5.32 Å². The van der Waals surface area contributed by atoms with E-state index in [0.717, 1.165) is 16.7 Å². The monoisotopic (exact) mass is 457 g/mol. The Bertz CT molecular complexity index is 1110. The topological polar surface area (TPSA) is 86.8 Å². The second-order valence-corrected chi connectivity index (χ2v) is 10.4. The smallest absolute Gasteiger partial charge is 0.243 e. The van der Waals surface area contributed by atoms with E-state index in [9.17, 15) is 18.0 Å². The molecule has 7 nitrogen and oxygen atoms in total. The second-order valence-electron chi connectivity index (χ2n) is 8.49. The number of rotatable bonds is 6. The van der Waals surface area contributed by atoms with Crippen LogP contribution < -0.4 is 5.32 Å². The van der Waals surface area contributed by atoms with E-state index in [1.165, 1.54) is 11.2 Å². The number of anilines is 1. The SMILES string of the molecule is CC(=O)N(C)Cc1cccc(NC(=O)C2CCN(S(=O)(=O)c3ccc(C)c(C)c3)CC2)c1. The van der Waals surface area contributed by atoms with E-state index in [1.807, 2.05) is 44.2 Å². The lowest BCUT2D eigenvalue weighted by Gasteiger charge is -2.30. The van der Waals surface area contributed by atoms with Crippen LogP contribution >= 0.6 is 0 Å². The average molecular weight is 458 g/mol. The Morgan fingerprint density at radius 3 is 2.38 bits per heavy atom. The summed E-state index contributed by atoms with van der Waals surface area (Å²) in [6.07, 6.45) is 0.950. The van der Waals surface area contributed by atoms with Crippen molar-refractivity contribution >= 4 is 27.5 Å². The zero-order chi connectivity index (χ0) is 23.5. The zero-order valence-corrected chi connectivity index (χ0v) is 19.9. The van der Waals surface area contributed by atoms with Crippen LogP contribution in [0.2, 0.25) is 0 Å². The molecule has 8 heteroatoms. The van der Waals surface area contributed by atoms with Crippen molar-refractivity contribution in [3.05, 3.63) is 59.2 Å².